The molecule has 0 saturated heterocycles. The molecule has 1 nitrogen and oxygen atoms in total. The van der Waals surface area contributed by atoms with Gasteiger partial charge in [0.15, 0.2) is 0 Å². The van der Waals surface area contributed by atoms with Crippen LogP contribution in [0.4, 0.5) is 8.78 Å². The molecule has 0 aliphatic carbocycles. The zero-order valence-electron chi connectivity index (χ0n) is 10.00. The number of hydrogen-bond donors (Lipinski definition) is 1. The number of halogens is 2. The van der Waals surface area contributed by atoms with Gasteiger partial charge in [0.2, 0.25) is 0 Å². The summed E-state index contributed by atoms with van der Waals surface area (Å²) >= 11 is 0. The fourth-order valence-electron chi connectivity index (χ4n) is 1.95. The van der Waals surface area contributed by atoms with E-state index in [0.29, 0.717) is 18.5 Å². The van der Waals surface area contributed by atoms with Crippen LogP contribution in [0.1, 0.15) is 16.7 Å². The summed E-state index contributed by atoms with van der Waals surface area (Å²) in [7, 11) is 0. The van der Waals surface area contributed by atoms with E-state index in [1.165, 1.54) is 12.1 Å². The van der Waals surface area contributed by atoms with E-state index in [4.69, 9.17) is 5.73 Å². The average Bonchev–Trinajstić information content (AvgIpc) is 2.34. The van der Waals surface area contributed by atoms with Crippen molar-refractivity contribution in [3.63, 3.8) is 0 Å². The van der Waals surface area contributed by atoms with Gasteiger partial charge in [-0.1, -0.05) is 30.3 Å². The maximum absolute atomic E-state index is 13.5. The molecule has 0 fully saturated rings. The highest BCUT2D eigenvalue weighted by atomic mass is 19.1. The summed E-state index contributed by atoms with van der Waals surface area (Å²) in [5.74, 6) is -1.05. The Balaban J connectivity index is 2.20. The fourth-order valence-corrected chi connectivity index (χ4v) is 1.95. The van der Waals surface area contributed by atoms with E-state index in [0.717, 1.165) is 23.6 Å². The molecule has 0 aliphatic heterocycles. The molecule has 0 bridgehead atoms. The van der Waals surface area contributed by atoms with Crippen molar-refractivity contribution >= 4 is 0 Å². The van der Waals surface area contributed by atoms with Gasteiger partial charge in [-0.25, -0.2) is 8.78 Å². The lowest BCUT2D eigenvalue weighted by Crippen LogP contribution is -2.03. The molecule has 2 aromatic rings. The second-order valence-corrected chi connectivity index (χ2v) is 4.27. The van der Waals surface area contributed by atoms with E-state index in [2.05, 4.69) is 0 Å². The normalized spacial score (nSPS) is 10.6. The standard InChI is InChI=1S/C15H15F2N/c16-14-5-4-13(15(17)10-14)9-12-3-1-2-11(8-12)6-7-18/h1-5,8,10H,6-7,9,18H2. The molecular formula is C15H15F2N. The van der Waals surface area contributed by atoms with Crippen molar-refractivity contribution in [2.24, 2.45) is 5.73 Å². The van der Waals surface area contributed by atoms with Crippen molar-refractivity contribution < 1.29 is 8.78 Å². The molecule has 2 aromatic carbocycles. The summed E-state index contributed by atoms with van der Waals surface area (Å²) in [5.41, 5.74) is 8.15. The van der Waals surface area contributed by atoms with Crippen LogP contribution in [-0.4, -0.2) is 6.54 Å². The van der Waals surface area contributed by atoms with E-state index >= 15 is 0 Å². The average molecular weight is 247 g/mol. The van der Waals surface area contributed by atoms with E-state index in [9.17, 15) is 8.78 Å². The molecule has 0 aliphatic rings. The first kappa shape index (κ1) is 12.7. The highest BCUT2D eigenvalue weighted by Gasteiger charge is 2.05. The van der Waals surface area contributed by atoms with Crippen LogP contribution >= 0.6 is 0 Å². The second-order valence-electron chi connectivity index (χ2n) is 4.27. The van der Waals surface area contributed by atoms with Crippen molar-refractivity contribution in [2.45, 2.75) is 12.8 Å². The molecule has 0 aromatic heterocycles. The molecule has 18 heavy (non-hydrogen) atoms. The highest BCUT2D eigenvalue weighted by molar-refractivity contribution is 5.30. The largest absolute Gasteiger partial charge is 0.330 e. The summed E-state index contributed by atoms with van der Waals surface area (Å²) < 4.78 is 26.3. The molecule has 94 valence electrons. The van der Waals surface area contributed by atoms with Gasteiger partial charge < -0.3 is 5.73 Å². The predicted octanol–water partition coefficient (Wildman–Crippen LogP) is 3.06. The molecule has 2 N–H and O–H groups in total. The minimum Gasteiger partial charge on any atom is -0.330 e. The van der Waals surface area contributed by atoms with Gasteiger partial charge in [-0.15, -0.1) is 0 Å². The second kappa shape index (κ2) is 5.74. The lowest BCUT2D eigenvalue weighted by Gasteiger charge is -2.06. The van der Waals surface area contributed by atoms with Crippen LogP contribution in [0, 0.1) is 11.6 Å². The third kappa shape index (κ3) is 3.14. The maximum Gasteiger partial charge on any atom is 0.129 e. The Morgan fingerprint density at radius 1 is 0.944 bits per heavy atom. The summed E-state index contributed by atoms with van der Waals surface area (Å²) in [4.78, 5) is 0. The van der Waals surface area contributed by atoms with Crippen LogP contribution in [0.3, 0.4) is 0 Å². The molecule has 0 amide bonds. The molecule has 0 unspecified atom stereocenters. The minimum atomic E-state index is -0.548. The lowest BCUT2D eigenvalue weighted by molar-refractivity contribution is 0.574. The molecule has 0 atom stereocenters. The van der Waals surface area contributed by atoms with Gasteiger partial charge in [0, 0.05) is 12.5 Å². The maximum atomic E-state index is 13.5. The van der Waals surface area contributed by atoms with Crippen molar-refractivity contribution in [1.29, 1.82) is 0 Å². The molecule has 3 heteroatoms. The van der Waals surface area contributed by atoms with Crippen molar-refractivity contribution in [2.75, 3.05) is 6.54 Å². The lowest BCUT2D eigenvalue weighted by atomic mass is 10.0. The Kier molecular flexibility index (Phi) is 4.05. The van der Waals surface area contributed by atoms with E-state index in [1.54, 1.807) is 0 Å². The van der Waals surface area contributed by atoms with Crippen LogP contribution in [-0.2, 0) is 12.8 Å². The first-order valence-electron chi connectivity index (χ1n) is 5.91. The molecule has 0 saturated carbocycles. The summed E-state index contributed by atoms with van der Waals surface area (Å²) in [6, 6.07) is 11.6. The van der Waals surface area contributed by atoms with Crippen LogP contribution in [0.25, 0.3) is 0 Å². The quantitative estimate of drug-likeness (QED) is 0.883. The number of benzene rings is 2. The predicted molar refractivity (Wildman–Crippen MR) is 68.4 cm³/mol. The SMILES string of the molecule is NCCc1cccc(Cc2ccc(F)cc2F)c1. The number of nitrogens with two attached hydrogens (primary N) is 1. The zero-order chi connectivity index (χ0) is 13.0. The van der Waals surface area contributed by atoms with Crippen molar-refractivity contribution in [3.05, 3.63) is 70.8 Å². The highest BCUT2D eigenvalue weighted by Crippen LogP contribution is 2.15. The van der Waals surface area contributed by atoms with Gasteiger partial charge in [-0.05, 0) is 35.7 Å². The summed E-state index contributed by atoms with van der Waals surface area (Å²) in [6.07, 6.45) is 1.27. The third-order valence-electron chi connectivity index (χ3n) is 2.83. The smallest absolute Gasteiger partial charge is 0.129 e. The zero-order valence-corrected chi connectivity index (χ0v) is 10.00. The van der Waals surface area contributed by atoms with Crippen molar-refractivity contribution in [1.82, 2.24) is 0 Å². The van der Waals surface area contributed by atoms with Gasteiger partial charge in [0.05, 0.1) is 0 Å². The molecule has 0 radical (unpaired) electrons. The van der Waals surface area contributed by atoms with Crippen LogP contribution < -0.4 is 5.73 Å². The molecule has 0 spiro atoms. The van der Waals surface area contributed by atoms with E-state index in [-0.39, 0.29) is 0 Å². The van der Waals surface area contributed by atoms with Gasteiger partial charge in [0.25, 0.3) is 0 Å². The third-order valence-corrected chi connectivity index (χ3v) is 2.83. The monoisotopic (exact) mass is 247 g/mol. The topological polar surface area (TPSA) is 26.0 Å². The minimum absolute atomic E-state index is 0.463. The van der Waals surface area contributed by atoms with Gasteiger partial charge >= 0.3 is 0 Å². The Hall–Kier alpha value is -1.74. The van der Waals surface area contributed by atoms with Gasteiger partial charge in [0.1, 0.15) is 11.6 Å². The van der Waals surface area contributed by atoms with E-state index in [1.807, 2.05) is 24.3 Å². The number of rotatable bonds is 4. The van der Waals surface area contributed by atoms with Crippen LogP contribution in [0.2, 0.25) is 0 Å². The molecular weight excluding hydrogens is 232 g/mol. The molecule has 0 heterocycles. The Morgan fingerprint density at radius 3 is 2.44 bits per heavy atom. The van der Waals surface area contributed by atoms with Crippen LogP contribution in [0.5, 0.6) is 0 Å². The fraction of sp³-hybridized carbons (Fsp3) is 0.200. The van der Waals surface area contributed by atoms with Crippen molar-refractivity contribution in [3.8, 4) is 0 Å². The number of hydrogen-bond acceptors (Lipinski definition) is 1. The first-order valence-corrected chi connectivity index (χ1v) is 5.91. The summed E-state index contributed by atoms with van der Waals surface area (Å²) in [6.45, 7) is 0.592. The van der Waals surface area contributed by atoms with Gasteiger partial charge in [-0.3, -0.25) is 0 Å². The van der Waals surface area contributed by atoms with Crippen LogP contribution in [0.15, 0.2) is 42.5 Å². The van der Waals surface area contributed by atoms with Gasteiger partial charge in [-0.2, -0.15) is 0 Å². The van der Waals surface area contributed by atoms with E-state index < -0.39 is 11.6 Å². The summed E-state index contributed by atoms with van der Waals surface area (Å²) in [5, 5.41) is 0. The Morgan fingerprint density at radius 2 is 1.72 bits per heavy atom. The molecule has 2 rings (SSSR count). The first-order chi connectivity index (χ1) is 8.69. The Bertz CT molecular complexity index is 538. The Labute approximate surface area is 105 Å².